The van der Waals surface area contributed by atoms with Crippen LogP contribution in [0.2, 0.25) is 0 Å². The number of phenolic OH excluding ortho intramolecular Hbond substituents is 1. The Hall–Kier alpha value is -7.86. The van der Waals surface area contributed by atoms with Gasteiger partial charge in [-0.2, -0.15) is 5.11 Å². The number of aromatic hydroxyl groups is 1. The maximum Gasteiger partial charge on any atom is 0.259 e. The van der Waals surface area contributed by atoms with Crippen LogP contribution in [0.1, 0.15) is 20.7 Å². The SMILES string of the molecule is C=CC(=O)Nc1cc(NC(=O)C=C)cc(C(=O)Nc2cccc(NC(=O)c3cc4ccccc4c(/N=N/c4ccc(Nc5ccccc5)cc4)c3O)c2)c1. The molecule has 6 rings (SSSR count). The first-order valence-corrected chi connectivity index (χ1v) is 16.5. The number of carbonyl (C=O) groups excluding carboxylic acids is 4. The maximum atomic E-state index is 13.6. The van der Waals surface area contributed by atoms with Gasteiger partial charge in [0.15, 0.2) is 5.75 Å². The molecular formula is C42H33N7O5. The molecule has 6 aromatic carbocycles. The van der Waals surface area contributed by atoms with Crippen LogP contribution in [-0.4, -0.2) is 28.7 Å². The number of para-hydroxylation sites is 1. The predicted molar refractivity (Wildman–Crippen MR) is 212 cm³/mol. The summed E-state index contributed by atoms with van der Waals surface area (Å²) in [5.74, 6) is -2.56. The Bertz CT molecular complexity index is 2400. The molecule has 0 aliphatic carbocycles. The van der Waals surface area contributed by atoms with Crippen molar-refractivity contribution in [3.63, 3.8) is 0 Å². The summed E-state index contributed by atoms with van der Waals surface area (Å²) < 4.78 is 0. The van der Waals surface area contributed by atoms with Crippen molar-refractivity contribution in [3.8, 4) is 5.75 Å². The average Bonchev–Trinajstić information content (AvgIpc) is 3.18. The number of benzene rings is 6. The Kier molecular flexibility index (Phi) is 10.9. The Labute approximate surface area is 310 Å². The van der Waals surface area contributed by atoms with E-state index in [1.165, 1.54) is 24.3 Å². The number of nitrogens with zero attached hydrogens (tertiary/aromatic N) is 2. The van der Waals surface area contributed by atoms with Crippen LogP contribution in [0.4, 0.5) is 45.5 Å². The fourth-order valence-electron chi connectivity index (χ4n) is 5.37. The number of phenols is 1. The predicted octanol–water partition coefficient (Wildman–Crippen LogP) is 9.46. The Morgan fingerprint density at radius 2 is 1.09 bits per heavy atom. The molecular weight excluding hydrogens is 683 g/mol. The summed E-state index contributed by atoms with van der Waals surface area (Å²) in [6.45, 7) is 6.86. The van der Waals surface area contributed by atoms with Gasteiger partial charge in [0.2, 0.25) is 11.8 Å². The van der Waals surface area contributed by atoms with Crippen LogP contribution in [0.5, 0.6) is 5.75 Å². The lowest BCUT2D eigenvalue weighted by Crippen LogP contribution is -2.16. The molecule has 0 heterocycles. The largest absolute Gasteiger partial charge is 0.505 e. The Balaban J connectivity index is 1.20. The van der Waals surface area contributed by atoms with Crippen molar-refractivity contribution in [2.24, 2.45) is 10.2 Å². The van der Waals surface area contributed by atoms with Crippen molar-refractivity contribution >= 4 is 79.9 Å². The number of anilines is 6. The van der Waals surface area contributed by atoms with Gasteiger partial charge in [0, 0.05) is 45.1 Å². The number of fused-ring (bicyclic) bond motifs is 1. The minimum absolute atomic E-state index is 0.0352. The summed E-state index contributed by atoms with van der Waals surface area (Å²) in [4.78, 5) is 50.8. The van der Waals surface area contributed by atoms with Crippen molar-refractivity contribution < 1.29 is 24.3 Å². The Morgan fingerprint density at radius 3 is 1.74 bits per heavy atom. The average molecular weight is 716 g/mol. The van der Waals surface area contributed by atoms with E-state index in [1.54, 1.807) is 54.6 Å². The molecule has 266 valence electrons. The van der Waals surface area contributed by atoms with Gasteiger partial charge in [0.05, 0.1) is 11.3 Å². The lowest BCUT2D eigenvalue weighted by Gasteiger charge is -2.13. The highest BCUT2D eigenvalue weighted by Gasteiger charge is 2.19. The van der Waals surface area contributed by atoms with Gasteiger partial charge in [-0.05, 0) is 96.4 Å². The molecule has 0 radical (unpaired) electrons. The topological polar surface area (TPSA) is 173 Å². The minimum Gasteiger partial charge on any atom is -0.505 e. The van der Waals surface area contributed by atoms with Crippen molar-refractivity contribution in [3.05, 3.63) is 164 Å². The van der Waals surface area contributed by atoms with Gasteiger partial charge in [0.25, 0.3) is 11.8 Å². The van der Waals surface area contributed by atoms with Crippen molar-refractivity contribution in [2.75, 3.05) is 26.6 Å². The Morgan fingerprint density at radius 1 is 0.537 bits per heavy atom. The van der Waals surface area contributed by atoms with Crippen LogP contribution in [0, 0.1) is 0 Å². The summed E-state index contributed by atoms with van der Waals surface area (Å²) in [7, 11) is 0. The molecule has 0 bridgehead atoms. The zero-order chi connectivity index (χ0) is 38.0. The first-order valence-electron chi connectivity index (χ1n) is 16.5. The summed E-state index contributed by atoms with van der Waals surface area (Å²) in [5, 5.41) is 35.3. The molecule has 12 nitrogen and oxygen atoms in total. The van der Waals surface area contributed by atoms with E-state index in [9.17, 15) is 24.3 Å². The highest BCUT2D eigenvalue weighted by molar-refractivity contribution is 6.12. The second-order valence-corrected chi connectivity index (χ2v) is 11.8. The molecule has 0 aliphatic rings. The first kappa shape index (κ1) is 35.9. The number of carbonyl (C=O) groups is 4. The van der Waals surface area contributed by atoms with Gasteiger partial charge in [-0.3, -0.25) is 19.2 Å². The molecule has 0 saturated heterocycles. The normalized spacial score (nSPS) is 10.7. The number of nitrogens with one attached hydrogen (secondary N) is 5. The van der Waals surface area contributed by atoms with E-state index in [-0.39, 0.29) is 33.9 Å². The zero-order valence-corrected chi connectivity index (χ0v) is 28.7. The second kappa shape index (κ2) is 16.4. The summed E-state index contributed by atoms with van der Waals surface area (Å²) in [6, 6.07) is 36.5. The van der Waals surface area contributed by atoms with Gasteiger partial charge in [0.1, 0.15) is 5.69 Å². The smallest absolute Gasteiger partial charge is 0.259 e. The summed E-state index contributed by atoms with van der Waals surface area (Å²) in [6.07, 6.45) is 2.14. The number of rotatable bonds is 12. The third-order valence-electron chi connectivity index (χ3n) is 7.91. The van der Waals surface area contributed by atoms with Gasteiger partial charge in [-0.15, -0.1) is 5.11 Å². The molecule has 6 aromatic rings. The monoisotopic (exact) mass is 715 g/mol. The van der Waals surface area contributed by atoms with Crippen LogP contribution < -0.4 is 26.6 Å². The molecule has 0 unspecified atom stereocenters. The van der Waals surface area contributed by atoms with E-state index < -0.39 is 23.6 Å². The molecule has 0 spiro atoms. The van der Waals surface area contributed by atoms with Gasteiger partial charge in [-0.25, -0.2) is 0 Å². The highest BCUT2D eigenvalue weighted by Crippen LogP contribution is 2.40. The summed E-state index contributed by atoms with van der Waals surface area (Å²) >= 11 is 0. The van der Waals surface area contributed by atoms with E-state index in [2.05, 4.69) is 50.0 Å². The molecule has 0 aliphatic heterocycles. The molecule has 0 fully saturated rings. The lowest BCUT2D eigenvalue weighted by atomic mass is 10.0. The van der Waals surface area contributed by atoms with E-state index in [4.69, 9.17) is 0 Å². The van der Waals surface area contributed by atoms with Crippen molar-refractivity contribution in [2.45, 2.75) is 0 Å². The van der Waals surface area contributed by atoms with Crippen molar-refractivity contribution in [1.82, 2.24) is 0 Å². The van der Waals surface area contributed by atoms with Gasteiger partial charge >= 0.3 is 0 Å². The van der Waals surface area contributed by atoms with E-state index in [0.29, 0.717) is 27.8 Å². The zero-order valence-electron chi connectivity index (χ0n) is 28.7. The minimum atomic E-state index is -0.622. The second-order valence-electron chi connectivity index (χ2n) is 11.8. The van der Waals surface area contributed by atoms with Gasteiger partial charge < -0.3 is 31.7 Å². The number of hydrogen-bond acceptors (Lipinski definition) is 8. The highest BCUT2D eigenvalue weighted by atomic mass is 16.3. The lowest BCUT2D eigenvalue weighted by molar-refractivity contribution is -0.112. The van der Waals surface area contributed by atoms with Crippen LogP contribution in [0.25, 0.3) is 10.8 Å². The molecule has 0 aromatic heterocycles. The van der Waals surface area contributed by atoms with Crippen LogP contribution >= 0.6 is 0 Å². The van der Waals surface area contributed by atoms with E-state index in [1.807, 2.05) is 48.5 Å². The van der Waals surface area contributed by atoms with Crippen LogP contribution in [0.3, 0.4) is 0 Å². The third-order valence-corrected chi connectivity index (χ3v) is 7.91. The maximum absolute atomic E-state index is 13.6. The van der Waals surface area contributed by atoms with Crippen molar-refractivity contribution in [1.29, 1.82) is 0 Å². The fraction of sp³-hybridized carbons (Fsp3) is 0. The number of amides is 4. The molecule has 54 heavy (non-hydrogen) atoms. The molecule has 0 saturated carbocycles. The van der Waals surface area contributed by atoms with E-state index in [0.717, 1.165) is 23.5 Å². The fourth-order valence-corrected chi connectivity index (χ4v) is 5.37. The molecule has 0 atom stereocenters. The van der Waals surface area contributed by atoms with Crippen LogP contribution in [0.15, 0.2) is 163 Å². The number of azo groups is 1. The quantitative estimate of drug-likeness (QED) is 0.0544. The van der Waals surface area contributed by atoms with Crippen LogP contribution in [-0.2, 0) is 9.59 Å². The summed E-state index contributed by atoms with van der Waals surface area (Å²) in [5.41, 5.74) is 3.70. The molecule has 4 amide bonds. The number of hydrogen-bond donors (Lipinski definition) is 6. The molecule has 6 N–H and O–H groups in total. The van der Waals surface area contributed by atoms with Gasteiger partial charge in [-0.1, -0.05) is 61.7 Å². The third kappa shape index (κ3) is 8.89. The van der Waals surface area contributed by atoms with E-state index >= 15 is 0 Å². The molecule has 12 heteroatoms. The first-order chi connectivity index (χ1) is 26.2. The standard InChI is InChI=1S/C42H33N7O5/c1-3-37(50)44-33-21-27(22-34(25-33)45-38(51)4-2)41(53)46-31-14-10-15-32(24-31)47-42(54)36-23-26-11-8-9-16-35(26)39(40(36)52)49-48-30-19-17-29(18-20-30)43-28-12-6-5-7-13-28/h3-25,43,52H,1-2H2,(H,44,50)(H,45,51)(H,46,53)(H,47,54)/b49-48+.